The van der Waals surface area contributed by atoms with E-state index in [2.05, 4.69) is 10.3 Å². The van der Waals surface area contributed by atoms with Crippen LogP contribution in [-0.2, 0) is 6.18 Å². The highest BCUT2D eigenvalue weighted by molar-refractivity contribution is 5.69. The number of hydrogen-bond donors (Lipinski definition) is 3. The lowest BCUT2D eigenvalue weighted by atomic mass is 9.98. The molecule has 9 heteroatoms. The van der Waals surface area contributed by atoms with Crippen LogP contribution in [0.3, 0.4) is 0 Å². The first-order valence-corrected chi connectivity index (χ1v) is 8.08. The number of hydrogen-bond acceptors (Lipinski definition) is 5. The fraction of sp³-hybridized carbons (Fsp3) is 0.562. The van der Waals surface area contributed by atoms with Crippen LogP contribution in [0.1, 0.15) is 19.5 Å². The number of fused-ring (bicyclic) bond motifs is 1. The molecule has 3 atom stereocenters. The first kappa shape index (κ1) is 18.0. The molecule has 0 saturated carbocycles. The van der Waals surface area contributed by atoms with E-state index in [4.69, 9.17) is 0 Å². The summed E-state index contributed by atoms with van der Waals surface area (Å²) >= 11 is 0. The van der Waals surface area contributed by atoms with E-state index >= 15 is 0 Å². The van der Waals surface area contributed by atoms with Gasteiger partial charge >= 0.3 is 6.18 Å². The van der Waals surface area contributed by atoms with Crippen LogP contribution in [0.2, 0.25) is 0 Å². The van der Waals surface area contributed by atoms with Crippen molar-refractivity contribution < 1.29 is 23.4 Å². The van der Waals surface area contributed by atoms with Gasteiger partial charge in [0.2, 0.25) is 0 Å². The van der Waals surface area contributed by atoms with Crippen molar-refractivity contribution in [2.24, 2.45) is 0 Å². The molecule has 3 heterocycles. The normalized spacial score (nSPS) is 25.7. The van der Waals surface area contributed by atoms with Gasteiger partial charge in [-0.1, -0.05) is 0 Å². The summed E-state index contributed by atoms with van der Waals surface area (Å²) in [5, 5.41) is 23.2. The Kier molecular flexibility index (Phi) is 4.65. The molecule has 2 unspecified atom stereocenters. The first-order chi connectivity index (χ1) is 11.7. The van der Waals surface area contributed by atoms with Crippen LogP contribution in [0, 0.1) is 0 Å². The van der Waals surface area contributed by atoms with Gasteiger partial charge in [0.25, 0.3) is 0 Å². The highest BCUT2D eigenvalue weighted by Crippen LogP contribution is 2.30. The molecule has 3 rings (SSSR count). The third-order valence-electron chi connectivity index (χ3n) is 4.52. The van der Waals surface area contributed by atoms with Crippen molar-refractivity contribution in [3.05, 3.63) is 30.2 Å². The highest BCUT2D eigenvalue weighted by atomic mass is 19.4. The smallest absolute Gasteiger partial charge is 0.389 e. The number of nitrogens with one attached hydrogen (secondary N) is 1. The largest absolute Gasteiger partial charge is 0.434 e. The number of anilines is 1. The molecule has 2 aromatic rings. The minimum absolute atomic E-state index is 0.0293. The van der Waals surface area contributed by atoms with Crippen molar-refractivity contribution in [2.75, 3.05) is 18.4 Å². The zero-order valence-corrected chi connectivity index (χ0v) is 13.9. The van der Waals surface area contributed by atoms with Gasteiger partial charge in [0.05, 0.1) is 17.7 Å². The van der Waals surface area contributed by atoms with Crippen LogP contribution in [0.4, 0.5) is 19.0 Å². The summed E-state index contributed by atoms with van der Waals surface area (Å²) in [5.74, 6) is 0.0293. The lowest BCUT2D eigenvalue weighted by Crippen LogP contribution is -2.59. The predicted molar refractivity (Wildman–Crippen MR) is 86.3 cm³/mol. The van der Waals surface area contributed by atoms with Gasteiger partial charge in [0, 0.05) is 31.5 Å². The van der Waals surface area contributed by atoms with Crippen molar-refractivity contribution in [3.63, 3.8) is 0 Å². The number of aliphatic hydroxyl groups is 2. The molecule has 25 heavy (non-hydrogen) atoms. The minimum atomic E-state index is -4.58. The standard InChI is InChI=1S/C16H21F3N4O2/c1-9(2)23-6-10(14(25)12(24)7-23)20-15-11-4-3-5-22(11)8-13(21-15)16(17,18)19/h3-5,8-10,12,14,24-25H,6-7H2,1-2H3,(H,20,21)/t10-,12?,14?/m0/s1. The average Bonchev–Trinajstić information content (AvgIpc) is 2.99. The summed E-state index contributed by atoms with van der Waals surface area (Å²) < 4.78 is 40.6. The fourth-order valence-electron chi connectivity index (χ4n) is 3.07. The zero-order valence-electron chi connectivity index (χ0n) is 13.9. The highest BCUT2D eigenvalue weighted by Gasteiger charge is 2.37. The first-order valence-electron chi connectivity index (χ1n) is 8.08. The van der Waals surface area contributed by atoms with E-state index in [1.165, 1.54) is 10.6 Å². The summed E-state index contributed by atoms with van der Waals surface area (Å²) in [6, 6.07) is 2.76. The zero-order chi connectivity index (χ0) is 18.4. The Balaban J connectivity index is 1.94. The summed E-state index contributed by atoms with van der Waals surface area (Å²) in [7, 11) is 0. The van der Waals surface area contributed by atoms with Gasteiger partial charge in [0.15, 0.2) is 11.5 Å². The fourth-order valence-corrected chi connectivity index (χ4v) is 3.07. The van der Waals surface area contributed by atoms with Crippen LogP contribution in [0.5, 0.6) is 0 Å². The van der Waals surface area contributed by atoms with Crippen molar-refractivity contribution in [3.8, 4) is 0 Å². The van der Waals surface area contributed by atoms with Gasteiger partial charge in [-0.05, 0) is 26.0 Å². The SMILES string of the molecule is CC(C)N1CC(O)C(O)[C@@H](Nc2nc(C(F)(F)F)cn3cccc23)C1. The van der Waals surface area contributed by atoms with Crippen molar-refractivity contribution in [1.82, 2.24) is 14.3 Å². The number of β-amino-alcohol motifs (C(OH)–C–C–N with tert-alkyl or cyclic N) is 1. The number of likely N-dealkylation sites (tertiary alicyclic amines) is 1. The van der Waals surface area contributed by atoms with Crippen molar-refractivity contribution in [1.29, 1.82) is 0 Å². The maximum Gasteiger partial charge on any atom is 0.434 e. The number of aliphatic hydroxyl groups excluding tert-OH is 2. The summed E-state index contributed by atoms with van der Waals surface area (Å²) in [6.07, 6.45) is -4.23. The molecular weight excluding hydrogens is 337 g/mol. The molecule has 0 amide bonds. The average molecular weight is 358 g/mol. The molecule has 0 aliphatic carbocycles. The molecule has 2 aromatic heterocycles. The Labute approximate surface area is 142 Å². The van der Waals surface area contributed by atoms with Crippen LogP contribution in [-0.4, -0.2) is 61.9 Å². The Morgan fingerprint density at radius 3 is 2.64 bits per heavy atom. The van der Waals surface area contributed by atoms with E-state index in [0.29, 0.717) is 18.6 Å². The molecular formula is C16H21F3N4O2. The molecule has 0 radical (unpaired) electrons. The maximum absolute atomic E-state index is 13.1. The Bertz CT molecular complexity index is 747. The maximum atomic E-state index is 13.1. The van der Waals surface area contributed by atoms with Gasteiger partial charge in [-0.3, -0.25) is 4.90 Å². The second-order valence-corrected chi connectivity index (χ2v) is 6.63. The summed E-state index contributed by atoms with van der Waals surface area (Å²) in [6.45, 7) is 4.61. The number of halogens is 3. The third-order valence-corrected chi connectivity index (χ3v) is 4.52. The van der Waals surface area contributed by atoms with Crippen LogP contribution >= 0.6 is 0 Å². The van der Waals surface area contributed by atoms with Gasteiger partial charge in [-0.15, -0.1) is 0 Å². The van der Waals surface area contributed by atoms with E-state index in [-0.39, 0.29) is 11.9 Å². The van der Waals surface area contributed by atoms with E-state index in [0.717, 1.165) is 6.20 Å². The molecule has 1 fully saturated rings. The lowest BCUT2D eigenvalue weighted by molar-refractivity contribution is -0.141. The monoisotopic (exact) mass is 358 g/mol. The van der Waals surface area contributed by atoms with Crippen molar-refractivity contribution >= 4 is 11.3 Å². The molecule has 1 aliphatic heterocycles. The number of aromatic nitrogens is 2. The number of rotatable bonds is 3. The van der Waals surface area contributed by atoms with Crippen LogP contribution < -0.4 is 5.32 Å². The number of alkyl halides is 3. The van der Waals surface area contributed by atoms with Crippen molar-refractivity contribution in [2.45, 2.75) is 44.3 Å². The molecule has 0 bridgehead atoms. The second kappa shape index (κ2) is 6.47. The number of nitrogens with zero attached hydrogens (tertiary/aromatic N) is 3. The quantitative estimate of drug-likeness (QED) is 0.777. The summed E-state index contributed by atoms with van der Waals surface area (Å²) in [5.41, 5.74) is -0.554. The molecule has 6 nitrogen and oxygen atoms in total. The number of piperidine rings is 1. The van der Waals surface area contributed by atoms with Gasteiger partial charge < -0.3 is 19.9 Å². The Morgan fingerprint density at radius 2 is 2.00 bits per heavy atom. The van der Waals surface area contributed by atoms with Gasteiger partial charge in [-0.2, -0.15) is 13.2 Å². The van der Waals surface area contributed by atoms with Crippen LogP contribution in [0.25, 0.3) is 5.52 Å². The van der Waals surface area contributed by atoms with Crippen LogP contribution in [0.15, 0.2) is 24.5 Å². The van der Waals surface area contributed by atoms with E-state index in [1.54, 1.807) is 12.1 Å². The molecule has 0 aromatic carbocycles. The van der Waals surface area contributed by atoms with E-state index < -0.39 is 30.1 Å². The second-order valence-electron chi connectivity index (χ2n) is 6.63. The molecule has 0 spiro atoms. The predicted octanol–water partition coefficient (Wildman–Crippen LogP) is 1.58. The van der Waals surface area contributed by atoms with E-state index in [9.17, 15) is 23.4 Å². The Hall–Kier alpha value is -1.84. The van der Waals surface area contributed by atoms with Gasteiger partial charge in [0.1, 0.15) is 6.10 Å². The molecule has 138 valence electrons. The lowest BCUT2D eigenvalue weighted by Gasteiger charge is -2.41. The van der Waals surface area contributed by atoms with E-state index in [1.807, 2.05) is 18.7 Å². The molecule has 3 N–H and O–H groups in total. The Morgan fingerprint density at radius 1 is 1.28 bits per heavy atom. The molecule has 1 aliphatic rings. The van der Waals surface area contributed by atoms with Gasteiger partial charge in [-0.25, -0.2) is 4.98 Å². The minimum Gasteiger partial charge on any atom is -0.389 e. The topological polar surface area (TPSA) is 73.0 Å². The summed E-state index contributed by atoms with van der Waals surface area (Å²) in [4.78, 5) is 5.66. The molecule has 1 saturated heterocycles. The third kappa shape index (κ3) is 3.58.